The number of hydrogen-bond acceptors (Lipinski definition) is 3. The van der Waals surface area contributed by atoms with E-state index in [0.29, 0.717) is 0 Å². The van der Waals surface area contributed by atoms with Gasteiger partial charge in [0.25, 0.3) is 0 Å². The number of Topliss-reactive ketones (excluding diaryl/α,β-unsaturated/α-hetero) is 2. The van der Waals surface area contributed by atoms with E-state index >= 15 is 0 Å². The van der Waals surface area contributed by atoms with E-state index in [1.54, 1.807) is 0 Å². The van der Waals surface area contributed by atoms with Crippen LogP contribution in [0, 0.1) is 0 Å². The number of nitrogens with zero attached hydrogens (tertiary/aromatic N) is 1. The predicted molar refractivity (Wildman–Crippen MR) is 29.5 cm³/mol. The Balaban J connectivity index is 4.38. The van der Waals surface area contributed by atoms with Crippen molar-refractivity contribution >= 4 is 17.3 Å². The molecular weight excluding hydrogens is 122 g/mol. The highest BCUT2D eigenvalue weighted by atomic mass is 16.4. The Hall–Kier alpha value is -1.19. The minimum absolute atomic E-state index is 0.519. The summed E-state index contributed by atoms with van der Waals surface area (Å²) in [5.41, 5.74) is -0.519. The highest BCUT2D eigenvalue weighted by Gasteiger charge is 2.11. The maximum absolute atomic E-state index is 10.3. The Bertz CT molecular complexity index is 155. The molecule has 0 saturated heterocycles. The van der Waals surface area contributed by atoms with Crippen LogP contribution in [-0.4, -0.2) is 17.3 Å². The van der Waals surface area contributed by atoms with Gasteiger partial charge in [0.05, 0.1) is 0 Å². The van der Waals surface area contributed by atoms with Crippen LogP contribution in [0.1, 0.15) is 13.8 Å². The fourth-order valence-corrected chi connectivity index (χ4v) is 0.376. The second kappa shape index (κ2) is 2.96. The number of ketones is 2. The van der Waals surface area contributed by atoms with Gasteiger partial charge >= 0.3 is 0 Å². The fourth-order valence-electron chi connectivity index (χ4n) is 0.376. The second-order valence-electron chi connectivity index (χ2n) is 1.55. The zero-order valence-corrected chi connectivity index (χ0v) is 5.17. The molecule has 0 spiro atoms. The van der Waals surface area contributed by atoms with Crippen LogP contribution in [0.15, 0.2) is 5.16 Å². The first-order valence-electron chi connectivity index (χ1n) is 2.31. The average Bonchev–Trinajstić information content (AvgIpc) is 1.64. The molecule has 0 amide bonds. The van der Waals surface area contributed by atoms with Crippen LogP contribution < -0.4 is 0 Å². The minimum atomic E-state index is -0.586. The third-order valence-electron chi connectivity index (χ3n) is 0.758. The van der Waals surface area contributed by atoms with Gasteiger partial charge in [0.2, 0.25) is 0 Å². The molecule has 1 radical (unpaired) electrons. The molecule has 0 atom stereocenters. The van der Waals surface area contributed by atoms with E-state index in [9.17, 15) is 14.8 Å². The molecule has 9 heavy (non-hydrogen) atoms. The molecule has 0 fully saturated rings. The first-order chi connectivity index (χ1) is 4.09. The van der Waals surface area contributed by atoms with Gasteiger partial charge in [-0.15, -0.1) is 5.21 Å². The Morgan fingerprint density at radius 2 is 1.44 bits per heavy atom. The summed E-state index contributed by atoms with van der Waals surface area (Å²) in [6.07, 6.45) is 0. The normalized spacial score (nSPS) is 8.22. The molecular formula is C5H6NO3. The van der Waals surface area contributed by atoms with E-state index < -0.39 is 17.3 Å². The first kappa shape index (κ1) is 7.81. The summed E-state index contributed by atoms with van der Waals surface area (Å²) < 4.78 is 0. The van der Waals surface area contributed by atoms with Gasteiger partial charge in [-0.25, -0.2) is 0 Å². The molecule has 4 nitrogen and oxygen atoms in total. The van der Waals surface area contributed by atoms with Crippen molar-refractivity contribution in [3.05, 3.63) is 0 Å². The first-order valence-corrected chi connectivity index (χ1v) is 2.31. The van der Waals surface area contributed by atoms with Crippen LogP contribution in [0.25, 0.3) is 0 Å². The Kier molecular flexibility index (Phi) is 2.57. The lowest BCUT2D eigenvalue weighted by atomic mass is 10.2. The molecule has 0 saturated carbocycles. The van der Waals surface area contributed by atoms with E-state index in [2.05, 4.69) is 5.16 Å². The van der Waals surface area contributed by atoms with Crippen molar-refractivity contribution in [1.82, 2.24) is 0 Å². The van der Waals surface area contributed by atoms with E-state index in [4.69, 9.17) is 0 Å². The number of rotatable bonds is 2. The van der Waals surface area contributed by atoms with Gasteiger partial charge in [0.15, 0.2) is 17.3 Å². The summed E-state index contributed by atoms with van der Waals surface area (Å²) in [5.74, 6) is -1.17. The fraction of sp³-hybridized carbons (Fsp3) is 0.400. The Morgan fingerprint density at radius 1 is 1.11 bits per heavy atom. The lowest BCUT2D eigenvalue weighted by molar-refractivity contribution is -0.115. The zero-order valence-electron chi connectivity index (χ0n) is 5.17. The molecule has 0 aromatic carbocycles. The standard InChI is InChI=1S/C5H6NO3/c1-3(7)5(6-9)4(2)8/h1-2H3. The van der Waals surface area contributed by atoms with Gasteiger partial charge in [-0.3, -0.25) is 9.59 Å². The molecule has 0 rings (SSSR count). The SMILES string of the molecule is CC(=O)C(=N[O])C(C)=O. The van der Waals surface area contributed by atoms with Crippen molar-refractivity contribution in [2.75, 3.05) is 0 Å². The van der Waals surface area contributed by atoms with Crippen LogP contribution in [0.3, 0.4) is 0 Å². The summed E-state index contributed by atoms with van der Waals surface area (Å²) in [6.45, 7) is 2.25. The van der Waals surface area contributed by atoms with E-state index in [1.165, 1.54) is 0 Å². The molecule has 49 valence electrons. The molecule has 0 aromatic rings. The maximum Gasteiger partial charge on any atom is 0.193 e. The van der Waals surface area contributed by atoms with Crippen molar-refractivity contribution in [2.24, 2.45) is 5.16 Å². The summed E-state index contributed by atoms with van der Waals surface area (Å²) in [6, 6.07) is 0. The van der Waals surface area contributed by atoms with Gasteiger partial charge in [-0.05, 0) is 5.16 Å². The number of hydrogen-bond donors (Lipinski definition) is 0. The van der Waals surface area contributed by atoms with Crippen molar-refractivity contribution < 1.29 is 14.8 Å². The topological polar surface area (TPSA) is 66.4 Å². The molecule has 0 heterocycles. The molecule has 0 bridgehead atoms. The largest absolute Gasteiger partial charge is 0.292 e. The minimum Gasteiger partial charge on any atom is -0.292 e. The van der Waals surface area contributed by atoms with Gasteiger partial charge in [-0.2, -0.15) is 0 Å². The zero-order chi connectivity index (χ0) is 7.44. The van der Waals surface area contributed by atoms with E-state index in [-0.39, 0.29) is 0 Å². The summed E-state index contributed by atoms with van der Waals surface area (Å²) in [7, 11) is 0. The maximum atomic E-state index is 10.3. The highest BCUT2D eigenvalue weighted by Crippen LogP contribution is 1.81. The Morgan fingerprint density at radius 3 is 1.44 bits per heavy atom. The average molecular weight is 128 g/mol. The molecule has 0 aliphatic carbocycles. The van der Waals surface area contributed by atoms with Crippen molar-refractivity contribution in [3.63, 3.8) is 0 Å². The molecule has 0 aliphatic heterocycles. The second-order valence-corrected chi connectivity index (χ2v) is 1.55. The van der Waals surface area contributed by atoms with Gasteiger partial charge < -0.3 is 0 Å². The Labute approximate surface area is 52.2 Å². The predicted octanol–water partition coefficient (Wildman–Crippen LogP) is -0.0491. The third-order valence-corrected chi connectivity index (χ3v) is 0.758. The van der Waals surface area contributed by atoms with Crippen molar-refractivity contribution in [1.29, 1.82) is 0 Å². The number of carbonyl (C=O) groups excluding carboxylic acids is 2. The quantitative estimate of drug-likeness (QED) is 0.297. The molecule has 0 aromatic heterocycles. The van der Waals surface area contributed by atoms with Crippen LogP contribution >= 0.6 is 0 Å². The summed E-state index contributed by atoms with van der Waals surface area (Å²) in [4.78, 5) is 20.5. The number of carbonyl (C=O) groups is 2. The van der Waals surface area contributed by atoms with E-state index in [0.717, 1.165) is 13.8 Å². The molecule has 0 N–H and O–H groups in total. The van der Waals surface area contributed by atoms with Gasteiger partial charge in [0, 0.05) is 13.8 Å². The molecule has 0 unspecified atom stereocenters. The van der Waals surface area contributed by atoms with Crippen LogP contribution in [0.5, 0.6) is 0 Å². The lowest BCUT2D eigenvalue weighted by Crippen LogP contribution is -2.18. The van der Waals surface area contributed by atoms with E-state index in [1.807, 2.05) is 0 Å². The van der Waals surface area contributed by atoms with Crippen LogP contribution in [0.2, 0.25) is 0 Å². The molecule has 0 aliphatic rings. The van der Waals surface area contributed by atoms with Crippen molar-refractivity contribution in [2.45, 2.75) is 13.8 Å². The highest BCUT2D eigenvalue weighted by molar-refractivity contribution is 6.65. The van der Waals surface area contributed by atoms with Crippen LogP contribution in [0.4, 0.5) is 0 Å². The van der Waals surface area contributed by atoms with Crippen molar-refractivity contribution in [3.8, 4) is 0 Å². The van der Waals surface area contributed by atoms with Gasteiger partial charge in [0.1, 0.15) is 0 Å². The summed E-state index contributed by atoms with van der Waals surface area (Å²) >= 11 is 0. The lowest BCUT2D eigenvalue weighted by Gasteiger charge is -1.87. The molecule has 4 heteroatoms. The van der Waals surface area contributed by atoms with Crippen LogP contribution in [-0.2, 0) is 14.8 Å². The van der Waals surface area contributed by atoms with Gasteiger partial charge in [-0.1, -0.05) is 0 Å². The summed E-state index contributed by atoms with van der Waals surface area (Å²) in [5, 5.41) is 11.9. The monoisotopic (exact) mass is 128 g/mol. The third kappa shape index (κ3) is 2.03. The smallest absolute Gasteiger partial charge is 0.193 e.